The highest BCUT2D eigenvalue weighted by atomic mass is 32.1. The van der Waals surface area contributed by atoms with Crippen LogP contribution < -0.4 is 5.32 Å². The van der Waals surface area contributed by atoms with Gasteiger partial charge < -0.3 is 20.1 Å². The maximum Gasteiger partial charge on any atom is 0.417 e. The maximum absolute atomic E-state index is 13.1. The van der Waals surface area contributed by atoms with E-state index >= 15 is 0 Å². The van der Waals surface area contributed by atoms with Crippen molar-refractivity contribution in [1.82, 2.24) is 29.7 Å². The van der Waals surface area contributed by atoms with Gasteiger partial charge in [0.1, 0.15) is 12.3 Å². The number of benzene rings is 1. The zero-order valence-electron chi connectivity index (χ0n) is 26.8. The maximum atomic E-state index is 13.1. The molecule has 1 aromatic carbocycles. The average molecular weight is 696 g/mol. The van der Waals surface area contributed by atoms with Crippen LogP contribution in [0, 0.1) is 5.92 Å². The second-order valence-corrected chi connectivity index (χ2v) is 14.0. The van der Waals surface area contributed by atoms with Gasteiger partial charge in [-0.2, -0.15) is 13.2 Å². The van der Waals surface area contributed by atoms with Gasteiger partial charge in [0, 0.05) is 61.8 Å². The van der Waals surface area contributed by atoms with Gasteiger partial charge in [-0.05, 0) is 68.9 Å². The van der Waals surface area contributed by atoms with Crippen LogP contribution >= 0.6 is 11.3 Å². The number of carbonyl (C=O) groups excluding carboxylic acids is 2. The number of thiazole rings is 1. The molecule has 0 bridgehead atoms. The van der Waals surface area contributed by atoms with E-state index in [0.717, 1.165) is 52.7 Å². The lowest BCUT2D eigenvalue weighted by Crippen LogP contribution is -2.60. The summed E-state index contributed by atoms with van der Waals surface area (Å²) < 4.78 is 45.3. The van der Waals surface area contributed by atoms with E-state index in [1.807, 2.05) is 25.1 Å². The van der Waals surface area contributed by atoms with Gasteiger partial charge in [0.2, 0.25) is 5.91 Å². The molecule has 1 aliphatic heterocycles. The summed E-state index contributed by atoms with van der Waals surface area (Å²) in [6, 6.07) is 8.10. The number of hydrogen-bond acceptors (Lipinski definition) is 10. The standard InChI is InChI=1S/C34H36F3N7O4S/c1-19-17-43(32(47)26-8-6-23(16-38-26)34(35,36)37)9-10-44(19)24-11-21(12-24)31(46)42-33-41-25-7-5-20(13-29(25)49-33)22-14-39-30(40-15-22)18-48-28-4-2-3-27(28)45/h5-8,13-16,19,21,24,27-28,45H,2-4,9-12,17-18H2,1H3,(H,41,42,46)/t19-,21-,24+,27-,28-/m0/s1. The summed E-state index contributed by atoms with van der Waals surface area (Å²) in [6.45, 7) is 3.74. The molecule has 3 fully saturated rings. The van der Waals surface area contributed by atoms with Gasteiger partial charge in [-0.25, -0.2) is 15.0 Å². The van der Waals surface area contributed by atoms with Crippen molar-refractivity contribution in [3.05, 3.63) is 66.0 Å². The van der Waals surface area contributed by atoms with Gasteiger partial charge >= 0.3 is 6.18 Å². The molecule has 15 heteroatoms. The van der Waals surface area contributed by atoms with Crippen LogP contribution in [0.5, 0.6) is 0 Å². The van der Waals surface area contributed by atoms with E-state index in [4.69, 9.17) is 4.74 Å². The number of anilines is 1. The molecule has 3 aromatic heterocycles. The molecule has 4 aromatic rings. The van der Waals surface area contributed by atoms with Crippen LogP contribution in [0.25, 0.3) is 21.3 Å². The molecule has 2 N–H and O–H groups in total. The summed E-state index contributed by atoms with van der Waals surface area (Å²) in [4.78, 5) is 47.2. The number of pyridine rings is 1. The van der Waals surface area contributed by atoms with Crippen molar-refractivity contribution in [3.63, 3.8) is 0 Å². The largest absolute Gasteiger partial charge is 0.417 e. The number of nitrogens with zero attached hydrogens (tertiary/aromatic N) is 6. The Morgan fingerprint density at radius 1 is 1.04 bits per heavy atom. The number of fused-ring (bicyclic) bond motifs is 1. The molecule has 3 aliphatic rings. The molecule has 0 radical (unpaired) electrons. The number of aliphatic hydroxyl groups is 1. The number of halogens is 3. The molecule has 2 saturated carbocycles. The van der Waals surface area contributed by atoms with Crippen LogP contribution in [0.3, 0.4) is 0 Å². The molecule has 0 spiro atoms. The van der Waals surface area contributed by atoms with Crippen molar-refractivity contribution in [2.24, 2.45) is 5.92 Å². The fourth-order valence-corrected chi connectivity index (χ4v) is 7.76. The SMILES string of the molecule is C[C@H]1CN(C(=O)c2ccc(C(F)(F)F)cn2)CCN1[C@H]1C[C@@H](C(=O)Nc2nc3ccc(-c4cnc(CO[C@H]5CCC[C@@H]5O)nc4)cc3s2)C1. The summed E-state index contributed by atoms with van der Waals surface area (Å²) in [5, 5.41) is 13.5. The first kappa shape index (κ1) is 33.4. The first-order chi connectivity index (χ1) is 23.5. The number of aromatic nitrogens is 4. The lowest BCUT2D eigenvalue weighted by Gasteiger charge is -2.49. The Bertz CT molecular complexity index is 1820. The number of nitrogens with one attached hydrogen (secondary N) is 1. The smallest absolute Gasteiger partial charge is 0.390 e. The monoisotopic (exact) mass is 695 g/mol. The molecule has 4 heterocycles. The second kappa shape index (κ2) is 13.7. The van der Waals surface area contributed by atoms with Gasteiger partial charge in [-0.15, -0.1) is 0 Å². The summed E-state index contributed by atoms with van der Waals surface area (Å²) in [5.41, 5.74) is 1.67. The van der Waals surface area contributed by atoms with Gasteiger partial charge in [0.25, 0.3) is 5.91 Å². The van der Waals surface area contributed by atoms with Crippen LogP contribution in [0.15, 0.2) is 48.9 Å². The molecular formula is C34H36F3N7O4S. The van der Waals surface area contributed by atoms with Crippen LogP contribution in [0.1, 0.15) is 60.9 Å². The number of alkyl halides is 3. The first-order valence-electron chi connectivity index (χ1n) is 16.4. The molecule has 11 nitrogen and oxygen atoms in total. The van der Waals surface area contributed by atoms with Crippen molar-refractivity contribution in [3.8, 4) is 11.1 Å². The highest BCUT2D eigenvalue weighted by Gasteiger charge is 2.42. The van der Waals surface area contributed by atoms with E-state index < -0.39 is 17.8 Å². The number of carbonyl (C=O) groups is 2. The van der Waals surface area contributed by atoms with E-state index in [2.05, 4.69) is 30.2 Å². The predicted molar refractivity (Wildman–Crippen MR) is 176 cm³/mol. The number of ether oxygens (including phenoxy) is 1. The Labute approximate surface area is 284 Å². The summed E-state index contributed by atoms with van der Waals surface area (Å²) >= 11 is 1.41. The Morgan fingerprint density at radius 3 is 2.51 bits per heavy atom. The summed E-state index contributed by atoms with van der Waals surface area (Å²) in [7, 11) is 0. The summed E-state index contributed by atoms with van der Waals surface area (Å²) in [6.07, 6.45) is 3.07. The zero-order chi connectivity index (χ0) is 34.3. The minimum Gasteiger partial charge on any atom is -0.390 e. The third kappa shape index (κ3) is 7.30. The normalized spacial score (nSPS) is 24.6. The first-order valence-corrected chi connectivity index (χ1v) is 17.2. The lowest BCUT2D eigenvalue weighted by molar-refractivity contribution is -0.137. The predicted octanol–water partition coefficient (Wildman–Crippen LogP) is 5.16. The van der Waals surface area contributed by atoms with E-state index in [0.29, 0.717) is 49.6 Å². The molecule has 2 amide bonds. The van der Waals surface area contributed by atoms with Crippen LogP contribution in [-0.2, 0) is 22.3 Å². The van der Waals surface area contributed by atoms with E-state index in [-0.39, 0.29) is 48.2 Å². The Kier molecular flexibility index (Phi) is 9.35. The Balaban J connectivity index is 0.889. The third-order valence-corrected chi connectivity index (χ3v) is 10.7. The molecule has 49 heavy (non-hydrogen) atoms. The minimum absolute atomic E-state index is 0.00823. The average Bonchev–Trinajstić information content (AvgIpc) is 3.67. The quantitative estimate of drug-likeness (QED) is 0.257. The lowest BCUT2D eigenvalue weighted by atomic mass is 9.78. The molecule has 0 unspecified atom stereocenters. The van der Waals surface area contributed by atoms with E-state index in [1.165, 1.54) is 11.3 Å². The van der Waals surface area contributed by atoms with Crippen molar-refractivity contribution in [2.45, 2.75) is 76.1 Å². The highest BCUT2D eigenvalue weighted by molar-refractivity contribution is 7.22. The Morgan fingerprint density at radius 2 is 1.84 bits per heavy atom. The second-order valence-electron chi connectivity index (χ2n) is 13.0. The van der Waals surface area contributed by atoms with Gasteiger partial charge in [-0.3, -0.25) is 19.5 Å². The molecule has 7 rings (SSSR count). The number of aliphatic hydroxyl groups excluding tert-OH is 1. The molecule has 3 atom stereocenters. The summed E-state index contributed by atoms with van der Waals surface area (Å²) in [5.74, 6) is -0.0394. The van der Waals surface area contributed by atoms with Crippen molar-refractivity contribution in [1.29, 1.82) is 0 Å². The van der Waals surface area contributed by atoms with E-state index in [9.17, 15) is 27.9 Å². The third-order valence-electron chi connectivity index (χ3n) is 9.73. The number of piperazine rings is 1. The molecule has 258 valence electrons. The molecule has 2 aliphatic carbocycles. The van der Waals surface area contributed by atoms with Crippen LogP contribution in [0.2, 0.25) is 0 Å². The number of rotatable bonds is 8. The minimum atomic E-state index is -4.51. The topological polar surface area (TPSA) is 134 Å². The van der Waals surface area contributed by atoms with Gasteiger partial charge in [-0.1, -0.05) is 17.4 Å². The van der Waals surface area contributed by atoms with Crippen LogP contribution in [0.4, 0.5) is 18.3 Å². The fraction of sp³-hybridized carbons (Fsp3) is 0.471. The van der Waals surface area contributed by atoms with Crippen molar-refractivity contribution < 1.29 is 32.6 Å². The van der Waals surface area contributed by atoms with Crippen molar-refractivity contribution >= 4 is 38.5 Å². The molecular weight excluding hydrogens is 659 g/mol. The number of amides is 2. The van der Waals surface area contributed by atoms with Crippen LogP contribution in [-0.4, -0.2) is 90.6 Å². The molecule has 1 saturated heterocycles. The zero-order valence-corrected chi connectivity index (χ0v) is 27.6. The van der Waals surface area contributed by atoms with Crippen molar-refractivity contribution in [2.75, 3.05) is 25.0 Å². The van der Waals surface area contributed by atoms with E-state index in [1.54, 1.807) is 17.3 Å². The highest BCUT2D eigenvalue weighted by Crippen LogP contribution is 2.36. The van der Waals surface area contributed by atoms with Gasteiger partial charge in [0.05, 0.1) is 28.0 Å². The fourth-order valence-electron chi connectivity index (χ4n) is 6.85. The van der Waals surface area contributed by atoms with Gasteiger partial charge in [0.15, 0.2) is 11.0 Å². The Hall–Kier alpha value is -4.05. The number of hydrogen-bond donors (Lipinski definition) is 2.